The highest BCUT2D eigenvalue weighted by Gasteiger charge is 2.27. The lowest BCUT2D eigenvalue weighted by atomic mass is 9.87. The molecule has 35 heavy (non-hydrogen) atoms. The highest BCUT2D eigenvalue weighted by Crippen LogP contribution is 2.31. The van der Waals surface area contributed by atoms with Crippen LogP contribution in [0.3, 0.4) is 0 Å². The van der Waals surface area contributed by atoms with Crippen LogP contribution in [0.15, 0.2) is 84.3 Å². The number of hydrogen-bond donors (Lipinski definition) is 1. The Labute approximate surface area is 211 Å². The van der Waals surface area contributed by atoms with E-state index in [2.05, 4.69) is 18.0 Å². The molecule has 0 radical (unpaired) electrons. The van der Waals surface area contributed by atoms with Crippen molar-refractivity contribution in [3.8, 4) is 5.75 Å². The van der Waals surface area contributed by atoms with E-state index in [0.717, 1.165) is 24.8 Å². The van der Waals surface area contributed by atoms with Crippen LogP contribution in [0.25, 0.3) is 0 Å². The Morgan fingerprint density at radius 2 is 1.91 bits per heavy atom. The lowest BCUT2D eigenvalue weighted by Crippen LogP contribution is -2.33. The summed E-state index contributed by atoms with van der Waals surface area (Å²) in [5.74, 6) is 0.202. The molecule has 0 spiro atoms. The van der Waals surface area contributed by atoms with Crippen LogP contribution >= 0.6 is 11.6 Å². The largest absolute Gasteiger partial charge is 0.497 e. The molecule has 1 N–H and O–H groups in total. The van der Waals surface area contributed by atoms with Gasteiger partial charge in [-0.3, -0.25) is 9.10 Å². The fourth-order valence-electron chi connectivity index (χ4n) is 4.31. The molecule has 0 fully saturated rings. The lowest BCUT2D eigenvalue weighted by Gasteiger charge is -2.27. The van der Waals surface area contributed by atoms with Gasteiger partial charge in [0.1, 0.15) is 5.75 Å². The first kappa shape index (κ1) is 24.8. The van der Waals surface area contributed by atoms with Crippen molar-refractivity contribution in [2.45, 2.75) is 30.2 Å². The molecule has 0 saturated carbocycles. The maximum absolute atomic E-state index is 13.6. The zero-order valence-electron chi connectivity index (χ0n) is 19.4. The minimum atomic E-state index is -4.01. The number of carbonyl (C=O) groups excluding carboxylic acids is 1. The van der Waals surface area contributed by atoms with Crippen molar-refractivity contribution in [1.82, 2.24) is 5.32 Å². The van der Waals surface area contributed by atoms with E-state index in [0.29, 0.717) is 11.4 Å². The summed E-state index contributed by atoms with van der Waals surface area (Å²) in [4.78, 5) is 13.2. The monoisotopic (exact) mass is 510 g/mol. The first-order valence-electron chi connectivity index (χ1n) is 11.3. The molecule has 1 aliphatic rings. The van der Waals surface area contributed by atoms with Crippen LogP contribution in [0.1, 0.15) is 40.4 Å². The number of halogens is 1. The van der Waals surface area contributed by atoms with Crippen LogP contribution in [0.5, 0.6) is 5.75 Å². The van der Waals surface area contributed by atoms with Crippen LogP contribution in [0.2, 0.25) is 5.02 Å². The number of nitrogens with zero attached hydrogens (tertiary/aromatic N) is 1. The molecule has 1 unspecified atom stereocenters. The number of nitrogens with one attached hydrogen (secondary N) is 1. The van der Waals surface area contributed by atoms with Gasteiger partial charge < -0.3 is 10.1 Å². The highest BCUT2D eigenvalue weighted by atomic mass is 35.5. The number of methoxy groups -OCH3 is 1. The number of ether oxygens (including phenoxy) is 1. The molecule has 1 amide bonds. The average molecular weight is 511 g/mol. The summed E-state index contributed by atoms with van der Waals surface area (Å²) in [6.45, 7) is 3.75. The smallest absolute Gasteiger partial charge is 0.264 e. The van der Waals surface area contributed by atoms with Crippen molar-refractivity contribution in [3.05, 3.63) is 101 Å². The topological polar surface area (TPSA) is 75.7 Å². The zero-order chi connectivity index (χ0) is 25.0. The molecular formula is C27H27ClN2O4S. The van der Waals surface area contributed by atoms with Gasteiger partial charge >= 0.3 is 0 Å². The highest BCUT2D eigenvalue weighted by molar-refractivity contribution is 7.92. The summed E-state index contributed by atoms with van der Waals surface area (Å²) in [6, 6.07) is 18.7. The minimum Gasteiger partial charge on any atom is -0.497 e. The Hall–Kier alpha value is -3.29. The summed E-state index contributed by atoms with van der Waals surface area (Å²) >= 11 is 6.35. The van der Waals surface area contributed by atoms with Gasteiger partial charge in [-0.1, -0.05) is 41.9 Å². The number of carbonyl (C=O) groups is 1. The first-order valence-corrected chi connectivity index (χ1v) is 13.1. The lowest BCUT2D eigenvalue weighted by molar-refractivity contribution is 0.0932. The summed E-state index contributed by atoms with van der Waals surface area (Å²) in [5, 5.41) is 3.23. The number of aryl methyl sites for hydroxylation is 1. The van der Waals surface area contributed by atoms with Gasteiger partial charge in [0.05, 0.1) is 40.9 Å². The van der Waals surface area contributed by atoms with E-state index in [4.69, 9.17) is 16.3 Å². The number of rotatable bonds is 8. The van der Waals surface area contributed by atoms with Crippen molar-refractivity contribution >= 4 is 33.2 Å². The Bertz CT molecular complexity index is 1340. The summed E-state index contributed by atoms with van der Waals surface area (Å²) in [7, 11) is -2.47. The van der Waals surface area contributed by atoms with Crippen LogP contribution in [-0.2, 0) is 16.4 Å². The van der Waals surface area contributed by atoms with Crippen LogP contribution in [-0.4, -0.2) is 28.0 Å². The second-order valence-electron chi connectivity index (χ2n) is 8.28. The molecule has 182 valence electrons. The molecule has 0 aromatic heterocycles. The maximum atomic E-state index is 13.6. The maximum Gasteiger partial charge on any atom is 0.264 e. The Morgan fingerprint density at radius 1 is 1.17 bits per heavy atom. The van der Waals surface area contributed by atoms with E-state index in [1.807, 2.05) is 18.2 Å². The number of amides is 1. The predicted molar refractivity (Wildman–Crippen MR) is 139 cm³/mol. The van der Waals surface area contributed by atoms with Gasteiger partial charge in [-0.05, 0) is 72.9 Å². The SMILES string of the molecule is C=CCN(c1ccc(OC)cc1)S(=O)(=O)c1ccc(Cl)c(C(=O)NC2CCCc3ccccc32)c1. The average Bonchev–Trinajstić information content (AvgIpc) is 2.87. The van der Waals surface area contributed by atoms with Gasteiger partial charge in [0, 0.05) is 0 Å². The molecule has 6 nitrogen and oxygen atoms in total. The molecule has 1 aliphatic carbocycles. The van der Waals surface area contributed by atoms with Gasteiger partial charge in [0.15, 0.2) is 0 Å². The van der Waals surface area contributed by atoms with E-state index in [1.54, 1.807) is 31.4 Å². The van der Waals surface area contributed by atoms with Gasteiger partial charge in [0.25, 0.3) is 15.9 Å². The molecule has 0 saturated heterocycles. The van der Waals surface area contributed by atoms with Crippen LogP contribution in [0, 0.1) is 0 Å². The minimum absolute atomic E-state index is 0.0336. The first-order chi connectivity index (χ1) is 16.8. The third kappa shape index (κ3) is 5.21. The van der Waals surface area contributed by atoms with E-state index in [9.17, 15) is 13.2 Å². The summed E-state index contributed by atoms with van der Waals surface area (Å²) in [5.41, 5.74) is 2.87. The quantitative estimate of drug-likeness (QED) is 0.404. The molecule has 0 bridgehead atoms. The fraction of sp³-hybridized carbons (Fsp3) is 0.222. The second-order valence-corrected chi connectivity index (χ2v) is 10.6. The number of hydrogen-bond acceptors (Lipinski definition) is 4. The Morgan fingerprint density at radius 3 is 2.63 bits per heavy atom. The van der Waals surface area contributed by atoms with Crippen LogP contribution < -0.4 is 14.4 Å². The molecule has 3 aromatic rings. The summed E-state index contributed by atoms with van der Waals surface area (Å²) < 4.78 is 33.6. The van der Waals surface area contributed by atoms with Gasteiger partial charge in [0.2, 0.25) is 0 Å². The molecule has 0 aliphatic heterocycles. The fourth-order valence-corrected chi connectivity index (χ4v) is 5.98. The van der Waals surface area contributed by atoms with Crippen LogP contribution in [0.4, 0.5) is 5.69 Å². The van der Waals surface area contributed by atoms with Crippen molar-refractivity contribution in [1.29, 1.82) is 0 Å². The molecule has 0 heterocycles. The standard InChI is InChI=1S/C27H27ClN2O4S/c1-3-17-30(20-11-13-21(34-2)14-12-20)35(32,33)22-15-16-25(28)24(18-22)27(31)29-26-10-6-8-19-7-4-5-9-23(19)26/h3-5,7,9,11-16,18,26H,1,6,8,10,17H2,2H3,(H,29,31). The molecule has 4 rings (SSSR count). The van der Waals surface area contributed by atoms with Crippen molar-refractivity contribution < 1.29 is 17.9 Å². The third-order valence-corrected chi connectivity index (χ3v) is 8.22. The van der Waals surface area contributed by atoms with E-state index >= 15 is 0 Å². The number of anilines is 1. The second kappa shape index (κ2) is 10.5. The zero-order valence-corrected chi connectivity index (χ0v) is 21.0. The number of fused-ring (bicyclic) bond motifs is 1. The van der Waals surface area contributed by atoms with E-state index < -0.39 is 15.9 Å². The predicted octanol–water partition coefficient (Wildman–Crippen LogP) is 5.54. The molecule has 1 atom stereocenters. The Kier molecular flexibility index (Phi) is 7.48. The van der Waals surface area contributed by atoms with E-state index in [-0.39, 0.29) is 28.1 Å². The molecule has 8 heteroatoms. The van der Waals surface area contributed by atoms with Gasteiger partial charge in [-0.2, -0.15) is 0 Å². The van der Waals surface area contributed by atoms with Gasteiger partial charge in [-0.25, -0.2) is 8.42 Å². The normalized spacial score (nSPS) is 15.1. The number of benzene rings is 3. The third-order valence-electron chi connectivity index (χ3n) is 6.10. The molecular weight excluding hydrogens is 484 g/mol. The Balaban J connectivity index is 1.64. The summed E-state index contributed by atoms with van der Waals surface area (Å²) in [6.07, 6.45) is 4.25. The van der Waals surface area contributed by atoms with Crippen molar-refractivity contribution in [2.75, 3.05) is 18.0 Å². The number of sulfonamides is 1. The van der Waals surface area contributed by atoms with Crippen molar-refractivity contribution in [2.24, 2.45) is 0 Å². The molecule has 3 aromatic carbocycles. The van der Waals surface area contributed by atoms with E-state index in [1.165, 1.54) is 34.1 Å². The van der Waals surface area contributed by atoms with Crippen molar-refractivity contribution in [3.63, 3.8) is 0 Å². The van der Waals surface area contributed by atoms with Gasteiger partial charge in [-0.15, -0.1) is 6.58 Å².